The van der Waals surface area contributed by atoms with Crippen molar-refractivity contribution in [2.75, 3.05) is 26.3 Å². The zero-order chi connectivity index (χ0) is 14.1. The Morgan fingerprint density at radius 2 is 2.37 bits per heavy atom. The molecule has 1 fully saturated rings. The second-order valence-electron chi connectivity index (χ2n) is 4.88. The maximum atomic E-state index is 12.1. The number of carbonyl (C=O) groups is 1. The van der Waals surface area contributed by atoms with Crippen LogP contribution in [0.15, 0.2) is 0 Å². The van der Waals surface area contributed by atoms with Crippen molar-refractivity contribution in [3.05, 3.63) is 0 Å². The van der Waals surface area contributed by atoms with Gasteiger partial charge in [-0.2, -0.15) is 5.26 Å². The number of ether oxygens (including phenoxy) is 2. The van der Waals surface area contributed by atoms with Crippen LogP contribution in [-0.4, -0.2) is 49.3 Å². The molecule has 1 aliphatic heterocycles. The summed E-state index contributed by atoms with van der Waals surface area (Å²) in [6.45, 7) is 5.69. The molecule has 0 aliphatic carbocycles. The van der Waals surface area contributed by atoms with Crippen molar-refractivity contribution in [1.29, 1.82) is 5.26 Å². The summed E-state index contributed by atoms with van der Waals surface area (Å²) in [5, 5.41) is 8.72. The van der Waals surface area contributed by atoms with Crippen molar-refractivity contribution in [2.45, 2.75) is 51.7 Å². The highest BCUT2D eigenvalue weighted by Crippen LogP contribution is 2.13. The number of hydrogen-bond acceptors (Lipinski definition) is 4. The molecule has 0 radical (unpaired) electrons. The van der Waals surface area contributed by atoms with Gasteiger partial charge in [-0.15, -0.1) is 0 Å². The van der Waals surface area contributed by atoms with E-state index in [4.69, 9.17) is 14.7 Å². The van der Waals surface area contributed by atoms with Gasteiger partial charge in [0.1, 0.15) is 12.6 Å². The summed E-state index contributed by atoms with van der Waals surface area (Å²) in [6, 6.07) is 2.02. The van der Waals surface area contributed by atoms with Crippen LogP contribution in [0.2, 0.25) is 0 Å². The molecule has 0 spiro atoms. The molecular weight excluding hydrogens is 244 g/mol. The third-order valence-corrected chi connectivity index (χ3v) is 3.22. The van der Waals surface area contributed by atoms with Gasteiger partial charge >= 0.3 is 0 Å². The summed E-state index contributed by atoms with van der Waals surface area (Å²) in [7, 11) is 0. The lowest BCUT2D eigenvalue weighted by atomic mass is 10.1. The Morgan fingerprint density at radius 1 is 1.58 bits per heavy atom. The van der Waals surface area contributed by atoms with E-state index in [-0.39, 0.29) is 18.6 Å². The molecule has 1 aliphatic rings. The Kier molecular flexibility index (Phi) is 7.46. The Bertz CT molecular complexity index is 308. The second-order valence-corrected chi connectivity index (χ2v) is 4.88. The lowest BCUT2D eigenvalue weighted by molar-refractivity contribution is -0.145. The smallest absolute Gasteiger partial charge is 0.252 e. The number of carbonyl (C=O) groups excluding carboxylic acids is 1. The summed E-state index contributed by atoms with van der Waals surface area (Å²) in [6.07, 6.45) is 3.71. The van der Waals surface area contributed by atoms with Crippen molar-refractivity contribution in [3.63, 3.8) is 0 Å². The quantitative estimate of drug-likeness (QED) is 0.660. The summed E-state index contributed by atoms with van der Waals surface area (Å²) in [4.78, 5) is 13.7. The van der Waals surface area contributed by atoms with Gasteiger partial charge in [0, 0.05) is 13.2 Å². The Labute approximate surface area is 115 Å². The highest BCUT2D eigenvalue weighted by atomic mass is 16.5. The van der Waals surface area contributed by atoms with E-state index >= 15 is 0 Å². The van der Waals surface area contributed by atoms with Crippen LogP contribution in [0, 0.1) is 11.3 Å². The average molecular weight is 268 g/mol. The minimum absolute atomic E-state index is 0.111. The summed E-state index contributed by atoms with van der Waals surface area (Å²) in [5.41, 5.74) is 0. The third-order valence-electron chi connectivity index (χ3n) is 3.22. The van der Waals surface area contributed by atoms with Gasteiger partial charge in [-0.1, -0.05) is 6.92 Å². The minimum Gasteiger partial charge on any atom is -0.376 e. The lowest BCUT2D eigenvalue weighted by Crippen LogP contribution is -2.41. The average Bonchev–Trinajstić information content (AvgIpc) is 2.45. The van der Waals surface area contributed by atoms with Crippen LogP contribution in [-0.2, 0) is 14.3 Å². The molecule has 0 aromatic carbocycles. The third kappa shape index (κ3) is 5.58. The van der Waals surface area contributed by atoms with E-state index < -0.39 is 6.10 Å². The summed E-state index contributed by atoms with van der Waals surface area (Å²) < 4.78 is 11.2. The molecule has 2 atom stereocenters. The number of nitrogens with zero attached hydrogens (tertiary/aromatic N) is 2. The number of nitriles is 1. The van der Waals surface area contributed by atoms with E-state index in [1.807, 2.05) is 13.0 Å². The predicted octanol–water partition coefficient (Wildman–Crippen LogP) is 1.72. The number of amides is 1. The normalized spacial score (nSPS) is 20.6. The van der Waals surface area contributed by atoms with Gasteiger partial charge in [-0.05, 0) is 32.6 Å². The van der Waals surface area contributed by atoms with Crippen molar-refractivity contribution in [2.24, 2.45) is 0 Å². The van der Waals surface area contributed by atoms with Crippen molar-refractivity contribution in [1.82, 2.24) is 4.90 Å². The van der Waals surface area contributed by atoms with Crippen LogP contribution in [0.5, 0.6) is 0 Å². The fourth-order valence-corrected chi connectivity index (χ4v) is 2.14. The van der Waals surface area contributed by atoms with Crippen molar-refractivity contribution < 1.29 is 14.3 Å². The van der Waals surface area contributed by atoms with Gasteiger partial charge in [-0.3, -0.25) is 4.79 Å². The topological polar surface area (TPSA) is 62.6 Å². The molecule has 2 unspecified atom stereocenters. The van der Waals surface area contributed by atoms with Crippen LogP contribution < -0.4 is 0 Å². The van der Waals surface area contributed by atoms with Crippen LogP contribution in [0.3, 0.4) is 0 Å². The van der Waals surface area contributed by atoms with Gasteiger partial charge in [-0.25, -0.2) is 0 Å². The van der Waals surface area contributed by atoms with E-state index in [1.54, 1.807) is 11.8 Å². The molecule has 0 N–H and O–H groups in total. The van der Waals surface area contributed by atoms with Gasteiger partial charge in [0.05, 0.1) is 18.8 Å². The number of hydrogen-bond donors (Lipinski definition) is 0. The lowest BCUT2D eigenvalue weighted by Gasteiger charge is -2.26. The van der Waals surface area contributed by atoms with Crippen LogP contribution in [0.1, 0.15) is 39.5 Å². The van der Waals surface area contributed by atoms with E-state index in [0.29, 0.717) is 13.2 Å². The Balaban J connectivity index is 2.35. The van der Waals surface area contributed by atoms with Crippen LogP contribution >= 0.6 is 0 Å². The first-order valence-electron chi connectivity index (χ1n) is 7.08. The molecule has 1 amide bonds. The molecule has 1 saturated heterocycles. The summed E-state index contributed by atoms with van der Waals surface area (Å²) >= 11 is 0. The first-order chi connectivity index (χ1) is 9.19. The maximum Gasteiger partial charge on any atom is 0.252 e. The van der Waals surface area contributed by atoms with Crippen molar-refractivity contribution >= 4 is 5.91 Å². The second kappa shape index (κ2) is 8.89. The first-order valence-corrected chi connectivity index (χ1v) is 7.08. The highest BCUT2D eigenvalue weighted by Gasteiger charge is 2.22. The molecule has 0 aromatic heterocycles. The Hall–Kier alpha value is -1.12. The van der Waals surface area contributed by atoms with E-state index in [1.165, 1.54) is 0 Å². The molecule has 1 rings (SSSR count). The molecule has 0 bridgehead atoms. The fourth-order valence-electron chi connectivity index (χ4n) is 2.14. The standard InChI is InChI=1S/C14H24N2O3/c1-3-8-16(9-7-15)14(17)12(2)19-11-13-6-4-5-10-18-13/h12-13H,3-6,8-11H2,1-2H3. The van der Waals surface area contributed by atoms with Crippen LogP contribution in [0.4, 0.5) is 0 Å². The summed E-state index contributed by atoms with van der Waals surface area (Å²) in [5.74, 6) is -0.112. The SMILES string of the molecule is CCCN(CC#N)C(=O)C(C)OCC1CCCCO1. The Morgan fingerprint density at radius 3 is 2.95 bits per heavy atom. The molecular formula is C14H24N2O3. The molecule has 5 heteroatoms. The maximum absolute atomic E-state index is 12.1. The molecule has 108 valence electrons. The molecule has 19 heavy (non-hydrogen) atoms. The molecule has 0 saturated carbocycles. The van der Waals surface area contributed by atoms with Crippen LogP contribution in [0.25, 0.3) is 0 Å². The molecule has 1 heterocycles. The van der Waals surface area contributed by atoms with Gasteiger partial charge in [0.25, 0.3) is 5.91 Å². The monoisotopic (exact) mass is 268 g/mol. The number of rotatable bonds is 7. The van der Waals surface area contributed by atoms with E-state index in [0.717, 1.165) is 32.3 Å². The zero-order valence-corrected chi connectivity index (χ0v) is 11.9. The van der Waals surface area contributed by atoms with Gasteiger partial charge in [0.15, 0.2) is 0 Å². The minimum atomic E-state index is -0.509. The van der Waals surface area contributed by atoms with E-state index in [9.17, 15) is 4.79 Å². The fraction of sp³-hybridized carbons (Fsp3) is 0.857. The van der Waals surface area contributed by atoms with E-state index in [2.05, 4.69) is 0 Å². The first kappa shape index (κ1) is 15.9. The highest BCUT2D eigenvalue weighted by molar-refractivity contribution is 5.80. The molecule has 5 nitrogen and oxygen atoms in total. The van der Waals surface area contributed by atoms with Crippen molar-refractivity contribution in [3.8, 4) is 6.07 Å². The van der Waals surface area contributed by atoms with Gasteiger partial charge < -0.3 is 14.4 Å². The predicted molar refractivity (Wildman–Crippen MR) is 71.5 cm³/mol. The molecule has 0 aromatic rings. The largest absolute Gasteiger partial charge is 0.376 e. The zero-order valence-electron chi connectivity index (χ0n) is 11.9. The van der Waals surface area contributed by atoms with Gasteiger partial charge in [0.2, 0.25) is 0 Å².